The molecule has 0 unspecified atom stereocenters. The molecular formula is C5H2Br2FN. The third-order valence-corrected chi connectivity index (χ3v) is 1.59. The van der Waals surface area contributed by atoms with Gasteiger partial charge in [0.2, 0.25) is 5.95 Å². The molecule has 0 radical (unpaired) electrons. The maximum Gasteiger partial charge on any atom is 0.215 e. The summed E-state index contributed by atoms with van der Waals surface area (Å²) in [5, 5.41) is 0. The third-order valence-electron chi connectivity index (χ3n) is 0.728. The van der Waals surface area contributed by atoms with E-state index in [1.54, 1.807) is 6.07 Å². The van der Waals surface area contributed by atoms with Crippen molar-refractivity contribution in [3.8, 4) is 0 Å². The molecule has 0 N–H and O–H groups in total. The SMILES string of the molecule is Fc1cc(Br)cc(Br)n1. The second kappa shape index (κ2) is 2.75. The summed E-state index contributed by atoms with van der Waals surface area (Å²) in [5.41, 5.74) is 0. The van der Waals surface area contributed by atoms with Crippen molar-refractivity contribution in [1.29, 1.82) is 0 Å². The lowest BCUT2D eigenvalue weighted by Gasteiger charge is -1.90. The van der Waals surface area contributed by atoms with Gasteiger partial charge in [-0.2, -0.15) is 4.39 Å². The van der Waals surface area contributed by atoms with Crippen LogP contribution < -0.4 is 0 Å². The van der Waals surface area contributed by atoms with Crippen molar-refractivity contribution >= 4 is 31.9 Å². The van der Waals surface area contributed by atoms with Gasteiger partial charge in [-0.3, -0.25) is 0 Å². The minimum atomic E-state index is -0.490. The summed E-state index contributed by atoms with van der Waals surface area (Å²) in [7, 11) is 0. The molecular weight excluding hydrogens is 253 g/mol. The van der Waals surface area contributed by atoms with Gasteiger partial charge < -0.3 is 0 Å². The molecule has 1 rings (SSSR count). The molecule has 1 aromatic rings. The Morgan fingerprint density at radius 2 is 2.00 bits per heavy atom. The zero-order valence-electron chi connectivity index (χ0n) is 4.24. The second-order valence-electron chi connectivity index (χ2n) is 1.43. The molecule has 0 spiro atoms. The molecule has 0 atom stereocenters. The van der Waals surface area contributed by atoms with Gasteiger partial charge in [0.05, 0.1) is 0 Å². The third kappa shape index (κ3) is 2.02. The average molecular weight is 255 g/mol. The van der Waals surface area contributed by atoms with E-state index in [1.807, 2.05) is 0 Å². The first-order chi connectivity index (χ1) is 4.18. The first-order valence-electron chi connectivity index (χ1n) is 2.17. The largest absolute Gasteiger partial charge is 0.215 e. The predicted octanol–water partition coefficient (Wildman–Crippen LogP) is 2.75. The van der Waals surface area contributed by atoms with E-state index >= 15 is 0 Å². The minimum absolute atomic E-state index is 0.490. The van der Waals surface area contributed by atoms with Crippen molar-refractivity contribution in [2.24, 2.45) is 0 Å². The van der Waals surface area contributed by atoms with Crippen LogP contribution in [-0.4, -0.2) is 4.98 Å². The van der Waals surface area contributed by atoms with Crippen LogP contribution in [0, 0.1) is 5.95 Å². The number of halogens is 3. The van der Waals surface area contributed by atoms with Crippen LogP contribution in [0.2, 0.25) is 0 Å². The lowest BCUT2D eigenvalue weighted by Crippen LogP contribution is -1.81. The van der Waals surface area contributed by atoms with Crippen molar-refractivity contribution in [2.75, 3.05) is 0 Å². The standard InChI is InChI=1S/C5H2Br2FN/c6-3-1-4(7)9-5(8)2-3/h1-2H. The number of aromatic nitrogens is 1. The van der Waals surface area contributed by atoms with Gasteiger partial charge in [0.25, 0.3) is 0 Å². The van der Waals surface area contributed by atoms with Gasteiger partial charge in [-0.05, 0) is 22.0 Å². The Balaban J connectivity index is 3.17. The molecule has 4 heteroatoms. The van der Waals surface area contributed by atoms with E-state index < -0.39 is 5.95 Å². The van der Waals surface area contributed by atoms with Crippen molar-refractivity contribution < 1.29 is 4.39 Å². The molecule has 0 saturated heterocycles. The lowest BCUT2D eigenvalue weighted by molar-refractivity contribution is 0.580. The highest BCUT2D eigenvalue weighted by atomic mass is 79.9. The van der Waals surface area contributed by atoms with Crippen LogP contribution in [0.5, 0.6) is 0 Å². The van der Waals surface area contributed by atoms with Gasteiger partial charge in [-0.15, -0.1) is 0 Å². The Morgan fingerprint density at radius 1 is 1.33 bits per heavy atom. The Kier molecular flexibility index (Phi) is 2.18. The molecule has 0 aliphatic carbocycles. The van der Waals surface area contributed by atoms with Crippen molar-refractivity contribution in [3.63, 3.8) is 0 Å². The van der Waals surface area contributed by atoms with Crippen LogP contribution in [0.25, 0.3) is 0 Å². The minimum Gasteiger partial charge on any atom is -0.213 e. The number of pyridine rings is 1. The Morgan fingerprint density at radius 3 is 2.44 bits per heavy atom. The zero-order chi connectivity index (χ0) is 6.85. The number of hydrogen-bond donors (Lipinski definition) is 0. The lowest BCUT2D eigenvalue weighted by atomic mass is 10.5. The molecule has 0 aromatic carbocycles. The second-order valence-corrected chi connectivity index (χ2v) is 3.16. The molecule has 0 amide bonds. The normalized spacial score (nSPS) is 9.67. The van der Waals surface area contributed by atoms with Gasteiger partial charge in [0, 0.05) is 10.5 Å². The van der Waals surface area contributed by atoms with Gasteiger partial charge in [0.1, 0.15) is 4.60 Å². The van der Waals surface area contributed by atoms with E-state index in [4.69, 9.17) is 0 Å². The maximum atomic E-state index is 12.3. The number of hydrogen-bond acceptors (Lipinski definition) is 1. The fourth-order valence-corrected chi connectivity index (χ4v) is 1.56. The van der Waals surface area contributed by atoms with E-state index in [2.05, 4.69) is 36.8 Å². The predicted molar refractivity (Wildman–Crippen MR) is 39.6 cm³/mol. The summed E-state index contributed by atoms with van der Waals surface area (Å²) < 4.78 is 13.4. The van der Waals surface area contributed by atoms with Gasteiger partial charge in [0.15, 0.2) is 0 Å². The summed E-state index contributed by atoms with van der Waals surface area (Å²) in [5.74, 6) is -0.490. The van der Waals surface area contributed by atoms with Crippen LogP contribution in [-0.2, 0) is 0 Å². The number of rotatable bonds is 0. The van der Waals surface area contributed by atoms with Gasteiger partial charge in [-0.1, -0.05) is 15.9 Å². The summed E-state index contributed by atoms with van der Waals surface area (Å²) in [6.07, 6.45) is 0. The molecule has 0 saturated carbocycles. The van der Waals surface area contributed by atoms with Crippen molar-refractivity contribution in [3.05, 3.63) is 27.2 Å². The van der Waals surface area contributed by atoms with Crippen molar-refractivity contribution in [2.45, 2.75) is 0 Å². The van der Waals surface area contributed by atoms with E-state index in [-0.39, 0.29) is 0 Å². The fourth-order valence-electron chi connectivity index (χ4n) is 0.436. The highest BCUT2D eigenvalue weighted by molar-refractivity contribution is 9.11. The quantitative estimate of drug-likeness (QED) is 0.649. The highest BCUT2D eigenvalue weighted by Gasteiger charge is 1.94. The molecule has 9 heavy (non-hydrogen) atoms. The van der Waals surface area contributed by atoms with Crippen molar-refractivity contribution in [1.82, 2.24) is 4.98 Å². The molecule has 1 heterocycles. The number of nitrogens with zero attached hydrogens (tertiary/aromatic N) is 1. The van der Waals surface area contributed by atoms with Crippen LogP contribution in [0.15, 0.2) is 21.2 Å². The molecule has 0 aliphatic heterocycles. The molecule has 1 nitrogen and oxygen atoms in total. The van der Waals surface area contributed by atoms with E-state index in [1.165, 1.54) is 6.07 Å². The van der Waals surface area contributed by atoms with Gasteiger partial charge in [-0.25, -0.2) is 4.98 Å². The van der Waals surface area contributed by atoms with Crippen LogP contribution >= 0.6 is 31.9 Å². The molecule has 48 valence electrons. The summed E-state index contributed by atoms with van der Waals surface area (Å²) in [6.45, 7) is 0. The summed E-state index contributed by atoms with van der Waals surface area (Å²) in [4.78, 5) is 3.45. The van der Waals surface area contributed by atoms with Crippen LogP contribution in [0.3, 0.4) is 0 Å². The van der Waals surface area contributed by atoms with E-state index in [9.17, 15) is 4.39 Å². The van der Waals surface area contributed by atoms with E-state index in [0.717, 1.165) is 0 Å². The van der Waals surface area contributed by atoms with E-state index in [0.29, 0.717) is 9.08 Å². The van der Waals surface area contributed by atoms with Crippen LogP contribution in [0.4, 0.5) is 4.39 Å². The molecule has 0 fully saturated rings. The summed E-state index contributed by atoms with van der Waals surface area (Å²) >= 11 is 6.13. The van der Waals surface area contributed by atoms with Gasteiger partial charge >= 0.3 is 0 Å². The molecule has 1 aromatic heterocycles. The Labute approximate surface area is 68.6 Å². The molecule has 0 aliphatic rings. The first kappa shape index (κ1) is 7.15. The highest BCUT2D eigenvalue weighted by Crippen LogP contribution is 2.15. The fraction of sp³-hybridized carbons (Fsp3) is 0. The van der Waals surface area contributed by atoms with Crippen LogP contribution in [0.1, 0.15) is 0 Å². The molecule has 0 bridgehead atoms. The Bertz CT molecular complexity index is 176. The smallest absolute Gasteiger partial charge is 0.213 e. The first-order valence-corrected chi connectivity index (χ1v) is 3.75. The average Bonchev–Trinajstić information content (AvgIpc) is 1.59. The zero-order valence-corrected chi connectivity index (χ0v) is 7.41. The monoisotopic (exact) mass is 253 g/mol. The summed E-state index contributed by atoms with van der Waals surface area (Å²) in [6, 6.07) is 2.97. The topological polar surface area (TPSA) is 12.9 Å². The maximum absolute atomic E-state index is 12.3. The Hall–Kier alpha value is 0.0400.